The molecule has 3 rings (SSSR count). The van der Waals surface area contributed by atoms with Gasteiger partial charge in [0, 0.05) is 11.3 Å². The second kappa shape index (κ2) is 1.39. The Kier molecular flexibility index (Phi) is 0.842. The van der Waals surface area contributed by atoms with Gasteiger partial charge in [-0.25, -0.2) is 0 Å². The summed E-state index contributed by atoms with van der Waals surface area (Å²) < 4.78 is 0. The number of carbonyl (C=O) groups excluding carboxylic acids is 1. The molecule has 3 aliphatic carbocycles. The molecule has 0 N–H and O–H groups in total. The highest BCUT2D eigenvalue weighted by molar-refractivity contribution is 5.93. The molecule has 0 saturated heterocycles. The summed E-state index contributed by atoms with van der Waals surface area (Å²) in [4.78, 5) is 11.2. The maximum absolute atomic E-state index is 11.2. The molecule has 0 heterocycles. The van der Waals surface area contributed by atoms with E-state index in [1.165, 1.54) is 19.3 Å². The van der Waals surface area contributed by atoms with Gasteiger partial charge in [0.15, 0.2) is 0 Å². The van der Waals surface area contributed by atoms with Crippen LogP contribution in [0.1, 0.15) is 32.6 Å². The standard InChI is InChI=1S/C8H12O/c1-8-4-2-3-6(5-8)7(8)9/h6H,2-5H2,1H3/t6-,8+/m0/s1. The Morgan fingerprint density at radius 1 is 1.67 bits per heavy atom. The first-order valence-corrected chi connectivity index (χ1v) is 3.77. The summed E-state index contributed by atoms with van der Waals surface area (Å²) >= 11 is 0. The van der Waals surface area contributed by atoms with Gasteiger partial charge >= 0.3 is 0 Å². The highest BCUT2D eigenvalue weighted by Crippen LogP contribution is 2.51. The van der Waals surface area contributed by atoms with Crippen molar-refractivity contribution in [2.45, 2.75) is 32.6 Å². The van der Waals surface area contributed by atoms with E-state index in [2.05, 4.69) is 6.92 Å². The van der Waals surface area contributed by atoms with Crippen LogP contribution in [0.15, 0.2) is 0 Å². The first-order valence-electron chi connectivity index (χ1n) is 3.77. The van der Waals surface area contributed by atoms with Gasteiger partial charge < -0.3 is 0 Å². The van der Waals surface area contributed by atoms with Crippen LogP contribution in [0.5, 0.6) is 0 Å². The Balaban J connectivity index is 2.22. The molecule has 1 nitrogen and oxygen atoms in total. The van der Waals surface area contributed by atoms with Crippen LogP contribution in [0, 0.1) is 11.3 Å². The van der Waals surface area contributed by atoms with Crippen LogP contribution >= 0.6 is 0 Å². The summed E-state index contributed by atoms with van der Waals surface area (Å²) in [7, 11) is 0. The predicted octanol–water partition coefficient (Wildman–Crippen LogP) is 1.77. The van der Waals surface area contributed by atoms with Gasteiger partial charge in [-0.1, -0.05) is 13.3 Å². The second-order valence-corrected chi connectivity index (χ2v) is 3.72. The van der Waals surface area contributed by atoms with E-state index in [9.17, 15) is 4.79 Å². The number of hydrogen-bond acceptors (Lipinski definition) is 1. The highest BCUT2D eigenvalue weighted by atomic mass is 16.1. The third-order valence-corrected chi connectivity index (χ3v) is 2.94. The molecule has 0 unspecified atom stereocenters. The van der Waals surface area contributed by atoms with Crippen molar-refractivity contribution in [3.63, 3.8) is 0 Å². The van der Waals surface area contributed by atoms with Crippen molar-refractivity contribution in [3.8, 4) is 0 Å². The van der Waals surface area contributed by atoms with Crippen molar-refractivity contribution < 1.29 is 4.79 Å². The van der Waals surface area contributed by atoms with Crippen molar-refractivity contribution in [1.29, 1.82) is 0 Å². The topological polar surface area (TPSA) is 17.1 Å². The molecular formula is C8H12O. The first kappa shape index (κ1) is 5.45. The average Bonchev–Trinajstić information content (AvgIpc) is 1.88. The van der Waals surface area contributed by atoms with E-state index in [-0.39, 0.29) is 5.41 Å². The molecule has 50 valence electrons. The quantitative estimate of drug-likeness (QED) is 0.481. The predicted molar refractivity (Wildman–Crippen MR) is 35.1 cm³/mol. The summed E-state index contributed by atoms with van der Waals surface area (Å²) in [5, 5.41) is 0. The van der Waals surface area contributed by atoms with E-state index < -0.39 is 0 Å². The molecule has 1 heteroatoms. The van der Waals surface area contributed by atoms with Crippen LogP contribution in [-0.4, -0.2) is 5.78 Å². The number of rotatable bonds is 0. The molecule has 0 aliphatic heterocycles. The molecule has 2 bridgehead atoms. The van der Waals surface area contributed by atoms with Crippen molar-refractivity contribution in [2.24, 2.45) is 11.3 Å². The van der Waals surface area contributed by atoms with Gasteiger partial charge in [-0.2, -0.15) is 0 Å². The largest absolute Gasteiger partial charge is 0.299 e. The van der Waals surface area contributed by atoms with Gasteiger partial charge in [0.2, 0.25) is 0 Å². The van der Waals surface area contributed by atoms with Crippen LogP contribution in [0.3, 0.4) is 0 Å². The molecule has 0 aromatic heterocycles. The third kappa shape index (κ3) is 0.525. The SMILES string of the molecule is C[C@@]12CCC[C@@H](C1)C2=O. The lowest BCUT2D eigenvalue weighted by atomic mass is 9.54. The van der Waals surface area contributed by atoms with E-state index in [0.717, 1.165) is 6.42 Å². The number of hydrogen-bond donors (Lipinski definition) is 0. The minimum absolute atomic E-state index is 0.142. The third-order valence-electron chi connectivity index (χ3n) is 2.94. The van der Waals surface area contributed by atoms with Crippen molar-refractivity contribution in [3.05, 3.63) is 0 Å². The summed E-state index contributed by atoms with van der Waals surface area (Å²) in [5.74, 6) is 1.03. The van der Waals surface area contributed by atoms with Gasteiger partial charge in [-0.15, -0.1) is 0 Å². The lowest BCUT2D eigenvalue weighted by Gasteiger charge is -2.48. The molecule has 0 radical (unpaired) electrons. The lowest BCUT2D eigenvalue weighted by molar-refractivity contribution is -0.150. The van der Waals surface area contributed by atoms with Crippen molar-refractivity contribution in [2.75, 3.05) is 0 Å². The van der Waals surface area contributed by atoms with Crippen LogP contribution in [0.25, 0.3) is 0 Å². The highest BCUT2D eigenvalue weighted by Gasteiger charge is 2.51. The molecule has 0 aromatic rings. The van der Waals surface area contributed by atoms with Crippen molar-refractivity contribution >= 4 is 5.78 Å². The summed E-state index contributed by atoms with van der Waals surface area (Å²) in [6.07, 6.45) is 4.80. The summed E-state index contributed by atoms with van der Waals surface area (Å²) in [6.45, 7) is 2.12. The lowest BCUT2D eigenvalue weighted by Crippen LogP contribution is -2.49. The van der Waals surface area contributed by atoms with E-state index >= 15 is 0 Å². The van der Waals surface area contributed by atoms with E-state index in [0.29, 0.717) is 11.7 Å². The van der Waals surface area contributed by atoms with Gasteiger partial charge in [0.1, 0.15) is 5.78 Å². The van der Waals surface area contributed by atoms with E-state index in [4.69, 9.17) is 0 Å². The Labute approximate surface area is 55.4 Å². The summed E-state index contributed by atoms with van der Waals surface area (Å²) in [5.41, 5.74) is 0.142. The minimum Gasteiger partial charge on any atom is -0.299 e. The fourth-order valence-corrected chi connectivity index (χ4v) is 2.30. The molecule has 0 spiro atoms. The first-order chi connectivity index (χ1) is 4.22. The van der Waals surface area contributed by atoms with Gasteiger partial charge in [-0.3, -0.25) is 4.79 Å². The normalized spacial score (nSPS) is 48.6. The number of fused-ring (bicyclic) bond motifs is 2. The number of Topliss-reactive ketones (excluding diaryl/α,β-unsaturated/α-hetero) is 1. The van der Waals surface area contributed by atoms with Crippen LogP contribution in [0.2, 0.25) is 0 Å². The Bertz CT molecular complexity index is 158. The molecule has 2 atom stereocenters. The maximum Gasteiger partial charge on any atom is 0.141 e. The van der Waals surface area contributed by atoms with Gasteiger partial charge in [-0.05, 0) is 19.3 Å². The number of carbonyl (C=O) groups is 1. The van der Waals surface area contributed by atoms with Gasteiger partial charge in [0.05, 0.1) is 0 Å². The molecule has 0 amide bonds. The van der Waals surface area contributed by atoms with Crippen LogP contribution in [0.4, 0.5) is 0 Å². The molecule has 0 aromatic carbocycles. The fourth-order valence-electron chi connectivity index (χ4n) is 2.30. The van der Waals surface area contributed by atoms with E-state index in [1.807, 2.05) is 0 Å². The van der Waals surface area contributed by atoms with Crippen LogP contribution in [-0.2, 0) is 4.79 Å². The molecule has 9 heavy (non-hydrogen) atoms. The Morgan fingerprint density at radius 3 is 2.78 bits per heavy atom. The van der Waals surface area contributed by atoms with Crippen LogP contribution < -0.4 is 0 Å². The maximum atomic E-state index is 11.2. The smallest absolute Gasteiger partial charge is 0.141 e. The zero-order chi connectivity index (χ0) is 6.48. The van der Waals surface area contributed by atoms with Crippen molar-refractivity contribution in [1.82, 2.24) is 0 Å². The molecule has 3 saturated carbocycles. The zero-order valence-electron chi connectivity index (χ0n) is 5.81. The Hall–Kier alpha value is -0.330. The summed E-state index contributed by atoms with van der Waals surface area (Å²) in [6, 6.07) is 0. The Morgan fingerprint density at radius 2 is 2.44 bits per heavy atom. The second-order valence-electron chi connectivity index (χ2n) is 3.72. The molecule has 3 fully saturated rings. The zero-order valence-corrected chi connectivity index (χ0v) is 5.81. The molecular weight excluding hydrogens is 112 g/mol. The minimum atomic E-state index is 0.142. The average molecular weight is 124 g/mol. The van der Waals surface area contributed by atoms with Gasteiger partial charge in [0.25, 0.3) is 0 Å². The molecule has 3 aliphatic rings. The van der Waals surface area contributed by atoms with E-state index in [1.54, 1.807) is 0 Å². The number of ketones is 1. The monoisotopic (exact) mass is 124 g/mol. The fraction of sp³-hybridized carbons (Fsp3) is 0.875.